The van der Waals surface area contributed by atoms with Crippen LogP contribution in [0.3, 0.4) is 0 Å². The standard InChI is InChI=1S/C9H6ClIO/c10-9(12)6-3-7-1-4-8(11)5-2-7/h1-6H. The van der Waals surface area contributed by atoms with Crippen molar-refractivity contribution in [3.8, 4) is 0 Å². The second-order valence-corrected chi connectivity index (χ2v) is 3.81. The third-order valence-corrected chi connectivity index (χ3v) is 2.12. The lowest BCUT2D eigenvalue weighted by Gasteiger charge is -1.91. The average molecular weight is 293 g/mol. The largest absolute Gasteiger partial charge is 0.276 e. The van der Waals surface area contributed by atoms with Crippen LogP contribution < -0.4 is 0 Å². The molecule has 0 bridgehead atoms. The van der Waals surface area contributed by atoms with Gasteiger partial charge in [0.05, 0.1) is 0 Å². The van der Waals surface area contributed by atoms with Gasteiger partial charge in [0.1, 0.15) is 0 Å². The summed E-state index contributed by atoms with van der Waals surface area (Å²) < 4.78 is 1.17. The average Bonchev–Trinajstić information content (AvgIpc) is 2.03. The Hall–Kier alpha value is -0.350. The minimum absolute atomic E-state index is 0.450. The third kappa shape index (κ3) is 3.36. The second kappa shape index (κ2) is 4.62. The summed E-state index contributed by atoms with van der Waals surface area (Å²) in [6.45, 7) is 0. The van der Waals surface area contributed by atoms with Gasteiger partial charge in [0.15, 0.2) is 0 Å². The van der Waals surface area contributed by atoms with E-state index in [1.165, 1.54) is 9.65 Å². The van der Waals surface area contributed by atoms with Crippen LogP contribution >= 0.6 is 34.2 Å². The van der Waals surface area contributed by atoms with Crippen molar-refractivity contribution in [3.63, 3.8) is 0 Å². The van der Waals surface area contributed by atoms with Crippen LogP contribution in [0.1, 0.15) is 5.56 Å². The van der Waals surface area contributed by atoms with Crippen LogP contribution in [-0.2, 0) is 4.79 Å². The lowest BCUT2D eigenvalue weighted by Crippen LogP contribution is -1.76. The zero-order valence-corrected chi connectivity index (χ0v) is 9.04. The fourth-order valence-corrected chi connectivity index (χ4v) is 1.16. The topological polar surface area (TPSA) is 17.1 Å². The molecule has 0 atom stereocenters. The highest BCUT2D eigenvalue weighted by Crippen LogP contribution is 2.08. The van der Waals surface area contributed by atoms with Crippen molar-refractivity contribution < 1.29 is 4.79 Å². The van der Waals surface area contributed by atoms with Gasteiger partial charge in [-0.05, 0) is 58.0 Å². The first-order chi connectivity index (χ1) is 5.68. The van der Waals surface area contributed by atoms with E-state index in [0.29, 0.717) is 0 Å². The Morgan fingerprint density at radius 2 is 1.92 bits per heavy atom. The summed E-state index contributed by atoms with van der Waals surface area (Å²) in [5.41, 5.74) is 0.976. The quantitative estimate of drug-likeness (QED) is 0.465. The molecule has 0 radical (unpaired) electrons. The normalized spacial score (nSPS) is 10.5. The van der Waals surface area contributed by atoms with E-state index in [1.807, 2.05) is 24.3 Å². The first kappa shape index (κ1) is 9.74. The lowest BCUT2D eigenvalue weighted by molar-refractivity contribution is -0.107. The molecule has 0 amide bonds. The SMILES string of the molecule is O=C(Cl)C=Cc1ccc(I)cc1. The van der Waals surface area contributed by atoms with E-state index in [2.05, 4.69) is 22.6 Å². The molecule has 1 aromatic rings. The molecule has 0 unspecified atom stereocenters. The molecule has 3 heteroatoms. The van der Waals surface area contributed by atoms with Gasteiger partial charge in [-0.25, -0.2) is 0 Å². The predicted octanol–water partition coefficient (Wildman–Crippen LogP) is 3.07. The van der Waals surface area contributed by atoms with Crippen LogP contribution in [0, 0.1) is 3.57 Å². The molecule has 0 aliphatic heterocycles. The summed E-state index contributed by atoms with van der Waals surface area (Å²) in [5, 5.41) is -0.450. The first-order valence-corrected chi connectivity index (χ1v) is 4.77. The maximum Gasteiger partial charge on any atom is 0.245 e. The van der Waals surface area contributed by atoms with Crippen LogP contribution in [0.4, 0.5) is 0 Å². The van der Waals surface area contributed by atoms with Crippen molar-refractivity contribution >= 4 is 45.5 Å². The van der Waals surface area contributed by atoms with Crippen molar-refractivity contribution in [1.29, 1.82) is 0 Å². The number of halogens is 2. The smallest absolute Gasteiger partial charge is 0.245 e. The highest BCUT2D eigenvalue weighted by Gasteiger charge is 1.88. The number of carbonyl (C=O) groups is 1. The van der Waals surface area contributed by atoms with Gasteiger partial charge in [-0.1, -0.05) is 18.2 Å². The molecule has 0 aromatic heterocycles. The molecule has 62 valence electrons. The number of benzene rings is 1. The summed E-state index contributed by atoms with van der Waals surface area (Å²) in [6, 6.07) is 7.80. The second-order valence-electron chi connectivity index (χ2n) is 2.19. The summed E-state index contributed by atoms with van der Waals surface area (Å²) in [6.07, 6.45) is 3.02. The maximum absolute atomic E-state index is 10.4. The van der Waals surface area contributed by atoms with Crippen molar-refractivity contribution in [2.24, 2.45) is 0 Å². The van der Waals surface area contributed by atoms with Gasteiger partial charge in [-0.3, -0.25) is 4.79 Å². The molecule has 1 rings (SSSR count). The molecular weight excluding hydrogens is 286 g/mol. The molecule has 0 spiro atoms. The molecule has 1 aromatic carbocycles. The minimum Gasteiger partial charge on any atom is -0.276 e. The maximum atomic E-state index is 10.4. The Morgan fingerprint density at radius 3 is 2.42 bits per heavy atom. The summed E-state index contributed by atoms with van der Waals surface area (Å²) in [5.74, 6) is 0. The van der Waals surface area contributed by atoms with Gasteiger partial charge in [0.25, 0.3) is 0 Å². The van der Waals surface area contributed by atoms with Gasteiger partial charge in [-0.15, -0.1) is 0 Å². The molecule has 12 heavy (non-hydrogen) atoms. The monoisotopic (exact) mass is 292 g/mol. The van der Waals surface area contributed by atoms with Crippen LogP contribution in [0.5, 0.6) is 0 Å². The molecule has 0 aliphatic rings. The number of hydrogen-bond donors (Lipinski definition) is 0. The fourth-order valence-electron chi connectivity index (χ4n) is 0.736. The van der Waals surface area contributed by atoms with E-state index in [-0.39, 0.29) is 0 Å². The molecule has 0 aliphatic carbocycles. The Balaban J connectivity index is 2.77. The van der Waals surface area contributed by atoms with Crippen LogP contribution in [-0.4, -0.2) is 5.24 Å². The van der Waals surface area contributed by atoms with Crippen molar-refractivity contribution in [2.75, 3.05) is 0 Å². The highest BCUT2D eigenvalue weighted by atomic mass is 127. The Morgan fingerprint density at radius 1 is 1.33 bits per heavy atom. The number of allylic oxidation sites excluding steroid dienone is 1. The van der Waals surface area contributed by atoms with Gasteiger partial charge in [-0.2, -0.15) is 0 Å². The van der Waals surface area contributed by atoms with Crippen LogP contribution in [0.25, 0.3) is 6.08 Å². The zero-order valence-electron chi connectivity index (χ0n) is 6.13. The minimum atomic E-state index is -0.450. The molecular formula is C9H6ClIO. The first-order valence-electron chi connectivity index (χ1n) is 3.31. The van der Waals surface area contributed by atoms with Gasteiger partial charge in [0.2, 0.25) is 5.24 Å². The number of hydrogen-bond acceptors (Lipinski definition) is 1. The van der Waals surface area contributed by atoms with E-state index in [1.54, 1.807) is 6.08 Å². The van der Waals surface area contributed by atoms with Crippen LogP contribution in [0.15, 0.2) is 30.3 Å². The molecule has 0 saturated carbocycles. The molecule has 0 saturated heterocycles. The van der Waals surface area contributed by atoms with Crippen LogP contribution in [0.2, 0.25) is 0 Å². The lowest BCUT2D eigenvalue weighted by atomic mass is 10.2. The summed E-state index contributed by atoms with van der Waals surface area (Å²) in [4.78, 5) is 10.4. The number of rotatable bonds is 2. The number of carbonyl (C=O) groups excluding carboxylic acids is 1. The van der Waals surface area contributed by atoms with E-state index in [9.17, 15) is 4.79 Å². The summed E-state index contributed by atoms with van der Waals surface area (Å²) in [7, 11) is 0. The molecule has 0 fully saturated rings. The third-order valence-electron chi connectivity index (χ3n) is 1.28. The van der Waals surface area contributed by atoms with E-state index >= 15 is 0 Å². The van der Waals surface area contributed by atoms with Gasteiger partial charge < -0.3 is 0 Å². The Bertz CT molecular complexity index is 303. The van der Waals surface area contributed by atoms with E-state index < -0.39 is 5.24 Å². The molecule has 1 nitrogen and oxygen atoms in total. The van der Waals surface area contributed by atoms with Crippen molar-refractivity contribution in [1.82, 2.24) is 0 Å². The summed E-state index contributed by atoms with van der Waals surface area (Å²) >= 11 is 7.35. The Labute approximate surface area is 89.6 Å². The Kier molecular flexibility index (Phi) is 3.75. The van der Waals surface area contributed by atoms with Crippen molar-refractivity contribution in [3.05, 3.63) is 39.5 Å². The molecule has 0 N–H and O–H groups in total. The molecule has 0 heterocycles. The van der Waals surface area contributed by atoms with Crippen molar-refractivity contribution in [2.45, 2.75) is 0 Å². The zero-order chi connectivity index (χ0) is 8.97. The van der Waals surface area contributed by atoms with Gasteiger partial charge >= 0.3 is 0 Å². The predicted molar refractivity (Wildman–Crippen MR) is 59.1 cm³/mol. The fraction of sp³-hybridized carbons (Fsp3) is 0. The highest BCUT2D eigenvalue weighted by molar-refractivity contribution is 14.1. The van der Waals surface area contributed by atoms with E-state index in [4.69, 9.17) is 11.6 Å². The van der Waals surface area contributed by atoms with E-state index in [0.717, 1.165) is 5.56 Å². The van der Waals surface area contributed by atoms with Gasteiger partial charge in [0, 0.05) is 3.57 Å².